The van der Waals surface area contributed by atoms with Crippen LogP contribution in [0.15, 0.2) is 0 Å². The van der Waals surface area contributed by atoms with Crippen LogP contribution in [0.1, 0.15) is 6.92 Å². The van der Waals surface area contributed by atoms with Gasteiger partial charge in [0, 0.05) is 13.2 Å². The number of likely N-dealkylation sites (N-methyl/N-ethyl adjacent to an activating group) is 1. The van der Waals surface area contributed by atoms with Crippen molar-refractivity contribution in [3.63, 3.8) is 0 Å². The van der Waals surface area contributed by atoms with Gasteiger partial charge < -0.3 is 4.74 Å². The monoisotopic (exact) mass is 179 g/mol. The largest absolute Gasteiger partial charge is 0.380 e. The van der Waals surface area contributed by atoms with Gasteiger partial charge in [0.1, 0.15) is 0 Å². The molecule has 0 rings (SSSR count). The fraction of sp³-hybridized carbons (Fsp3) is 1.00. The molecule has 0 saturated carbocycles. The number of hydrogen-bond acceptors (Lipinski definition) is 2. The van der Waals surface area contributed by atoms with Crippen LogP contribution < -0.4 is 0 Å². The van der Waals surface area contributed by atoms with E-state index in [-0.39, 0.29) is 0 Å². The fourth-order valence-corrected chi connectivity index (χ4v) is 1.23. The highest BCUT2D eigenvalue weighted by Gasteiger charge is 2.09. The van der Waals surface area contributed by atoms with Gasteiger partial charge in [-0.1, -0.05) is 0 Å². The van der Waals surface area contributed by atoms with Crippen molar-refractivity contribution < 1.29 is 4.74 Å². The molecule has 0 N–H and O–H groups in total. The van der Waals surface area contributed by atoms with Gasteiger partial charge >= 0.3 is 0 Å². The van der Waals surface area contributed by atoms with Crippen molar-refractivity contribution in [3.8, 4) is 0 Å². The van der Waals surface area contributed by atoms with Gasteiger partial charge in [-0.2, -0.15) is 10.2 Å². The highest BCUT2D eigenvalue weighted by Crippen LogP contribution is 2.37. The topological polar surface area (TPSA) is 12.5 Å². The Morgan fingerprint density at radius 3 is 2.18 bits per heavy atom. The lowest BCUT2D eigenvalue weighted by Crippen LogP contribution is -2.25. The zero-order valence-corrected chi connectivity index (χ0v) is 9.20. The first-order valence-electron chi connectivity index (χ1n) is 3.96. The Labute approximate surface area is 72.4 Å². The normalized spacial score (nSPS) is 14.0. The quantitative estimate of drug-likeness (QED) is 0.594. The molecule has 0 spiro atoms. The predicted molar refractivity (Wildman–Crippen MR) is 54.5 cm³/mol. The van der Waals surface area contributed by atoms with E-state index in [1.165, 1.54) is 0 Å². The van der Waals surface area contributed by atoms with Gasteiger partial charge in [0.25, 0.3) is 0 Å². The predicted octanol–water partition coefficient (Wildman–Crippen LogP) is 1.56. The second-order valence-corrected chi connectivity index (χ2v) is 7.49. The van der Waals surface area contributed by atoms with Gasteiger partial charge in [-0.15, -0.1) is 0 Å². The summed E-state index contributed by atoms with van der Waals surface area (Å²) in [5.74, 6) is 0. The van der Waals surface area contributed by atoms with Crippen molar-refractivity contribution in [2.24, 2.45) is 0 Å². The van der Waals surface area contributed by atoms with Crippen LogP contribution in [0.5, 0.6) is 0 Å². The highest BCUT2D eigenvalue weighted by molar-refractivity contribution is 8.30. The summed E-state index contributed by atoms with van der Waals surface area (Å²) in [5.41, 5.74) is 0. The van der Waals surface area contributed by atoms with Crippen molar-refractivity contribution >= 4 is 10.2 Å². The molecule has 0 saturated heterocycles. The van der Waals surface area contributed by atoms with E-state index in [0.29, 0.717) is 0 Å². The Balaban J connectivity index is 3.44. The van der Waals surface area contributed by atoms with E-state index in [2.05, 4.69) is 30.1 Å². The Morgan fingerprint density at radius 2 is 1.82 bits per heavy atom. The zero-order valence-electron chi connectivity index (χ0n) is 8.39. The third kappa shape index (κ3) is 5.53. The second kappa shape index (κ2) is 5.01. The summed E-state index contributed by atoms with van der Waals surface area (Å²) in [6, 6.07) is 0. The highest BCUT2D eigenvalue weighted by atomic mass is 32.3. The van der Waals surface area contributed by atoms with E-state index >= 15 is 0 Å². The van der Waals surface area contributed by atoms with E-state index < -0.39 is 10.2 Å². The maximum atomic E-state index is 5.27. The summed E-state index contributed by atoms with van der Waals surface area (Å²) in [6.07, 6.45) is 6.87. The maximum Gasteiger partial charge on any atom is 0.0602 e. The van der Waals surface area contributed by atoms with E-state index in [4.69, 9.17) is 4.74 Å². The van der Waals surface area contributed by atoms with Crippen LogP contribution >= 0.6 is 10.2 Å². The summed E-state index contributed by atoms with van der Waals surface area (Å²) < 4.78 is 7.65. The van der Waals surface area contributed by atoms with Crippen molar-refractivity contribution in [2.75, 3.05) is 45.6 Å². The van der Waals surface area contributed by atoms with Crippen LogP contribution in [-0.4, -0.2) is 49.9 Å². The van der Waals surface area contributed by atoms with Crippen molar-refractivity contribution in [2.45, 2.75) is 6.92 Å². The Morgan fingerprint density at radius 1 is 1.27 bits per heavy atom. The molecule has 0 heterocycles. The maximum absolute atomic E-state index is 5.27. The molecular formula is C8H21NOS. The summed E-state index contributed by atoms with van der Waals surface area (Å²) in [4.78, 5) is 0. The van der Waals surface area contributed by atoms with E-state index in [1.54, 1.807) is 0 Å². The molecule has 11 heavy (non-hydrogen) atoms. The summed E-state index contributed by atoms with van der Waals surface area (Å²) in [6.45, 7) is 4.77. The van der Waals surface area contributed by atoms with Crippen molar-refractivity contribution in [1.29, 1.82) is 0 Å². The molecule has 0 aliphatic heterocycles. The summed E-state index contributed by atoms with van der Waals surface area (Å²) in [7, 11) is 1.63. The molecular weight excluding hydrogens is 158 g/mol. The van der Waals surface area contributed by atoms with Crippen molar-refractivity contribution in [3.05, 3.63) is 0 Å². The van der Waals surface area contributed by atoms with Crippen LogP contribution in [0.2, 0.25) is 0 Å². The number of hydrogen-bond donors (Lipinski definition) is 0. The molecule has 2 nitrogen and oxygen atoms in total. The molecule has 0 aromatic heterocycles. The van der Waals surface area contributed by atoms with E-state index in [9.17, 15) is 0 Å². The summed E-state index contributed by atoms with van der Waals surface area (Å²) in [5, 5.41) is 0. The molecule has 0 aliphatic rings. The molecule has 0 bridgehead atoms. The van der Waals surface area contributed by atoms with E-state index in [0.717, 1.165) is 19.8 Å². The molecule has 0 atom stereocenters. The van der Waals surface area contributed by atoms with Crippen LogP contribution in [0.25, 0.3) is 0 Å². The SMILES string of the molecule is CCOCCN(C)S(C)(C)C. The third-order valence-electron chi connectivity index (χ3n) is 1.69. The first-order valence-corrected chi connectivity index (χ1v) is 6.77. The van der Waals surface area contributed by atoms with Gasteiger partial charge in [-0.25, -0.2) is 0 Å². The van der Waals surface area contributed by atoms with E-state index in [1.807, 2.05) is 6.92 Å². The van der Waals surface area contributed by atoms with Crippen LogP contribution in [0.3, 0.4) is 0 Å². The minimum Gasteiger partial charge on any atom is -0.380 e. The first-order chi connectivity index (χ1) is 4.98. The Kier molecular flexibility index (Phi) is 5.13. The number of rotatable bonds is 5. The first kappa shape index (κ1) is 11.3. The Hall–Kier alpha value is 0.270. The van der Waals surface area contributed by atoms with Crippen LogP contribution in [0.4, 0.5) is 0 Å². The standard InChI is InChI=1S/C8H21NOS/c1-6-10-8-7-9(2)11(3,4)5/h6-8H2,1-5H3. The minimum absolute atomic E-state index is 0.530. The lowest BCUT2D eigenvalue weighted by atomic mass is 10.7. The average molecular weight is 179 g/mol. The third-order valence-corrected chi connectivity index (χ3v) is 3.74. The molecule has 0 fully saturated rings. The minimum atomic E-state index is -0.530. The van der Waals surface area contributed by atoms with Gasteiger partial charge in [0.05, 0.1) is 6.61 Å². The zero-order chi connectivity index (χ0) is 8.91. The lowest BCUT2D eigenvalue weighted by Gasteiger charge is -2.36. The van der Waals surface area contributed by atoms with Crippen LogP contribution in [-0.2, 0) is 4.74 Å². The van der Waals surface area contributed by atoms with Gasteiger partial charge in [0.2, 0.25) is 0 Å². The molecule has 0 aromatic rings. The smallest absolute Gasteiger partial charge is 0.0602 e. The molecule has 3 heteroatoms. The lowest BCUT2D eigenvalue weighted by molar-refractivity contribution is 0.140. The number of ether oxygens (including phenoxy) is 1. The fourth-order valence-electron chi connectivity index (χ4n) is 0.611. The second-order valence-electron chi connectivity index (χ2n) is 3.32. The molecule has 0 radical (unpaired) electrons. The molecule has 70 valence electrons. The summed E-state index contributed by atoms with van der Waals surface area (Å²) >= 11 is 0. The van der Waals surface area contributed by atoms with Crippen molar-refractivity contribution in [1.82, 2.24) is 4.31 Å². The van der Waals surface area contributed by atoms with Gasteiger partial charge in [0.15, 0.2) is 0 Å². The van der Waals surface area contributed by atoms with Gasteiger partial charge in [-0.3, -0.25) is 4.31 Å². The molecule has 0 amide bonds. The number of nitrogens with zero attached hydrogens (tertiary/aromatic N) is 1. The average Bonchev–Trinajstić information content (AvgIpc) is 1.86. The molecule has 0 aromatic carbocycles. The molecule has 0 aliphatic carbocycles. The molecule has 0 unspecified atom stereocenters. The van der Waals surface area contributed by atoms with Crippen LogP contribution in [0, 0.1) is 0 Å². The van der Waals surface area contributed by atoms with Gasteiger partial charge in [-0.05, 0) is 32.7 Å². The Bertz CT molecular complexity index is 101.